The van der Waals surface area contributed by atoms with E-state index in [4.69, 9.17) is 0 Å². The summed E-state index contributed by atoms with van der Waals surface area (Å²) in [5.74, 6) is -0.894. The van der Waals surface area contributed by atoms with Crippen molar-refractivity contribution in [3.8, 4) is 0 Å². The van der Waals surface area contributed by atoms with Crippen LogP contribution >= 0.6 is 0 Å². The minimum Gasteiger partial charge on any atom is -0.258 e. The van der Waals surface area contributed by atoms with Crippen LogP contribution in [0, 0.1) is 12.7 Å². The number of hydrogen-bond donors (Lipinski definition) is 0. The molecule has 0 aromatic heterocycles. The van der Waals surface area contributed by atoms with Crippen molar-refractivity contribution in [3.05, 3.63) is 29.1 Å². The maximum absolute atomic E-state index is 13.3. The minimum absolute atomic E-state index is 0.0207. The molecule has 0 aliphatic carbocycles. The van der Waals surface area contributed by atoms with E-state index < -0.39 is 17.6 Å². The van der Waals surface area contributed by atoms with Crippen molar-refractivity contribution in [2.24, 2.45) is 4.99 Å². The predicted octanol–water partition coefficient (Wildman–Crippen LogP) is 4.27. The van der Waals surface area contributed by atoms with Crippen LogP contribution in [0.15, 0.2) is 17.1 Å². The highest BCUT2D eigenvalue weighted by Crippen LogP contribution is 2.34. The lowest BCUT2D eigenvalue weighted by Gasteiger charge is -2.10. The Kier molecular flexibility index (Phi) is 3.35. The van der Waals surface area contributed by atoms with Crippen molar-refractivity contribution in [2.75, 3.05) is 0 Å². The maximum atomic E-state index is 13.3. The molecule has 0 spiro atoms. The van der Waals surface area contributed by atoms with E-state index in [0.29, 0.717) is 11.8 Å². The predicted molar refractivity (Wildman–Crippen MR) is 54.6 cm³/mol. The van der Waals surface area contributed by atoms with E-state index in [1.165, 1.54) is 6.92 Å². The van der Waals surface area contributed by atoms with Crippen LogP contribution in [-0.2, 0) is 6.18 Å². The van der Waals surface area contributed by atoms with E-state index in [2.05, 4.69) is 4.99 Å². The molecule has 1 nitrogen and oxygen atoms in total. The molecule has 1 aromatic carbocycles. The molecular formula is C11H11F4N. The van der Waals surface area contributed by atoms with E-state index in [-0.39, 0.29) is 11.3 Å². The minimum atomic E-state index is -4.56. The Morgan fingerprint density at radius 2 is 1.75 bits per heavy atom. The summed E-state index contributed by atoms with van der Waals surface area (Å²) in [6, 6.07) is 1.34. The third-order valence-electron chi connectivity index (χ3n) is 1.99. The number of rotatable bonds is 1. The topological polar surface area (TPSA) is 12.4 Å². The van der Waals surface area contributed by atoms with Crippen molar-refractivity contribution in [1.82, 2.24) is 0 Å². The molecule has 0 saturated heterocycles. The summed E-state index contributed by atoms with van der Waals surface area (Å²) in [7, 11) is 0. The molecule has 0 saturated carbocycles. The van der Waals surface area contributed by atoms with Gasteiger partial charge in [0.15, 0.2) is 0 Å². The van der Waals surface area contributed by atoms with Gasteiger partial charge in [0.1, 0.15) is 5.82 Å². The van der Waals surface area contributed by atoms with Crippen LogP contribution in [-0.4, -0.2) is 5.71 Å². The van der Waals surface area contributed by atoms with Gasteiger partial charge in [-0.05, 0) is 32.9 Å². The molecule has 0 atom stereocenters. The zero-order valence-corrected chi connectivity index (χ0v) is 9.11. The van der Waals surface area contributed by atoms with Gasteiger partial charge in [-0.3, -0.25) is 4.99 Å². The highest BCUT2D eigenvalue weighted by Gasteiger charge is 2.32. The normalized spacial score (nSPS) is 11.4. The van der Waals surface area contributed by atoms with Crippen molar-refractivity contribution in [2.45, 2.75) is 26.9 Å². The summed E-state index contributed by atoms with van der Waals surface area (Å²) >= 11 is 0. The average molecular weight is 233 g/mol. The van der Waals surface area contributed by atoms with Crippen LogP contribution in [0.2, 0.25) is 0 Å². The van der Waals surface area contributed by atoms with Gasteiger partial charge in [0, 0.05) is 11.3 Å². The first-order chi connectivity index (χ1) is 7.21. The van der Waals surface area contributed by atoms with Crippen molar-refractivity contribution >= 4 is 11.4 Å². The third kappa shape index (κ3) is 2.81. The lowest BCUT2D eigenvalue weighted by Crippen LogP contribution is -2.06. The van der Waals surface area contributed by atoms with Gasteiger partial charge >= 0.3 is 6.18 Å². The zero-order chi connectivity index (χ0) is 12.5. The smallest absolute Gasteiger partial charge is 0.258 e. The molecule has 0 radical (unpaired) electrons. The second-order valence-electron chi connectivity index (χ2n) is 3.66. The second kappa shape index (κ2) is 4.23. The molecular weight excluding hydrogens is 222 g/mol. The second-order valence-corrected chi connectivity index (χ2v) is 3.66. The van der Waals surface area contributed by atoms with E-state index in [1.54, 1.807) is 13.8 Å². The quantitative estimate of drug-likeness (QED) is 0.507. The molecule has 0 aliphatic heterocycles. The molecule has 88 valence electrons. The van der Waals surface area contributed by atoms with Crippen LogP contribution < -0.4 is 0 Å². The van der Waals surface area contributed by atoms with Crippen LogP contribution in [0.25, 0.3) is 0 Å². The van der Waals surface area contributed by atoms with Crippen molar-refractivity contribution in [1.29, 1.82) is 0 Å². The number of nitrogens with zero attached hydrogens (tertiary/aromatic N) is 1. The maximum Gasteiger partial charge on any atom is 0.416 e. The van der Waals surface area contributed by atoms with Gasteiger partial charge < -0.3 is 0 Å². The molecule has 16 heavy (non-hydrogen) atoms. The number of aliphatic imine (C=N–C) groups is 1. The summed E-state index contributed by atoms with van der Waals surface area (Å²) in [4.78, 5) is 3.87. The standard InChI is InChI=1S/C11H11F4N/c1-6(2)16-10-5-8(11(13,14)15)4-9(12)7(10)3/h4-5H,1-3H3. The molecule has 0 fully saturated rings. The van der Waals surface area contributed by atoms with Crippen LogP contribution in [0.3, 0.4) is 0 Å². The average Bonchev–Trinajstić information content (AvgIpc) is 2.10. The first kappa shape index (κ1) is 12.7. The van der Waals surface area contributed by atoms with Crippen molar-refractivity contribution < 1.29 is 17.6 Å². The van der Waals surface area contributed by atoms with Gasteiger partial charge in [0.2, 0.25) is 0 Å². The molecule has 1 aromatic rings. The fraction of sp³-hybridized carbons (Fsp3) is 0.364. The summed E-state index contributed by atoms with van der Waals surface area (Å²) in [6.45, 7) is 4.67. The molecule has 0 unspecified atom stereocenters. The number of hydrogen-bond acceptors (Lipinski definition) is 1. The Balaban J connectivity index is 3.39. The van der Waals surface area contributed by atoms with Gasteiger partial charge in [-0.1, -0.05) is 0 Å². The Morgan fingerprint density at radius 3 is 2.19 bits per heavy atom. The molecule has 0 bridgehead atoms. The van der Waals surface area contributed by atoms with Crippen LogP contribution in [0.4, 0.5) is 23.2 Å². The summed E-state index contributed by atoms with van der Waals surface area (Å²) in [6.07, 6.45) is -4.56. The molecule has 0 heterocycles. The summed E-state index contributed by atoms with van der Waals surface area (Å²) < 4.78 is 50.5. The zero-order valence-electron chi connectivity index (χ0n) is 9.11. The fourth-order valence-corrected chi connectivity index (χ4v) is 1.19. The Bertz CT molecular complexity index is 428. The molecule has 0 N–H and O–H groups in total. The van der Waals surface area contributed by atoms with E-state index in [9.17, 15) is 17.6 Å². The first-order valence-electron chi connectivity index (χ1n) is 4.61. The summed E-state index contributed by atoms with van der Waals surface area (Å²) in [5, 5.41) is 0. The van der Waals surface area contributed by atoms with Gasteiger partial charge in [0.25, 0.3) is 0 Å². The Hall–Kier alpha value is -1.39. The molecule has 5 heteroatoms. The highest BCUT2D eigenvalue weighted by molar-refractivity contribution is 5.82. The van der Waals surface area contributed by atoms with Crippen LogP contribution in [0.1, 0.15) is 25.0 Å². The van der Waals surface area contributed by atoms with E-state index >= 15 is 0 Å². The monoisotopic (exact) mass is 233 g/mol. The van der Waals surface area contributed by atoms with Crippen LogP contribution in [0.5, 0.6) is 0 Å². The van der Waals surface area contributed by atoms with Gasteiger partial charge in [-0.25, -0.2) is 4.39 Å². The van der Waals surface area contributed by atoms with Gasteiger partial charge in [-0.15, -0.1) is 0 Å². The summed E-state index contributed by atoms with van der Waals surface area (Å²) in [5.41, 5.74) is -0.307. The lowest BCUT2D eigenvalue weighted by molar-refractivity contribution is -0.137. The molecule has 1 rings (SSSR count). The molecule has 0 aliphatic rings. The first-order valence-corrected chi connectivity index (χ1v) is 4.61. The number of benzene rings is 1. The van der Waals surface area contributed by atoms with Crippen molar-refractivity contribution in [3.63, 3.8) is 0 Å². The number of halogens is 4. The van der Waals surface area contributed by atoms with Gasteiger partial charge in [-0.2, -0.15) is 13.2 Å². The largest absolute Gasteiger partial charge is 0.416 e. The molecule has 0 amide bonds. The Labute approximate surface area is 90.8 Å². The Morgan fingerprint density at radius 1 is 1.19 bits per heavy atom. The fourth-order valence-electron chi connectivity index (χ4n) is 1.19. The third-order valence-corrected chi connectivity index (χ3v) is 1.99. The lowest BCUT2D eigenvalue weighted by atomic mass is 10.1. The highest BCUT2D eigenvalue weighted by atomic mass is 19.4. The van der Waals surface area contributed by atoms with E-state index in [1.807, 2.05) is 0 Å². The van der Waals surface area contributed by atoms with Gasteiger partial charge in [0.05, 0.1) is 11.3 Å². The number of alkyl halides is 3. The SMILES string of the molecule is CC(C)=Nc1cc(C(F)(F)F)cc(F)c1C. The van der Waals surface area contributed by atoms with E-state index in [0.717, 1.165) is 6.07 Å².